The molecule has 8 nitrogen and oxygen atoms in total. The van der Waals surface area contributed by atoms with Crippen LogP contribution in [0.3, 0.4) is 0 Å². The van der Waals surface area contributed by atoms with E-state index < -0.39 is 0 Å². The van der Waals surface area contributed by atoms with E-state index in [1.54, 1.807) is 0 Å². The lowest BCUT2D eigenvalue weighted by atomic mass is 10.0. The number of hydrogen-bond acceptors (Lipinski definition) is 5. The van der Waals surface area contributed by atoms with Gasteiger partial charge in [-0.05, 0) is 16.8 Å². The number of amides is 1. The Morgan fingerprint density at radius 2 is 1.96 bits per heavy atom. The molecule has 1 aliphatic rings. The highest BCUT2D eigenvalue weighted by atomic mass is 16.2. The van der Waals surface area contributed by atoms with Crippen molar-refractivity contribution in [1.29, 1.82) is 0 Å². The minimum absolute atomic E-state index is 0.0306. The van der Waals surface area contributed by atoms with E-state index in [4.69, 9.17) is 5.10 Å². The fourth-order valence-electron chi connectivity index (χ4n) is 3.38. The summed E-state index contributed by atoms with van der Waals surface area (Å²) in [5, 5.41) is 15.6. The van der Waals surface area contributed by atoms with Gasteiger partial charge in [-0.25, -0.2) is 4.68 Å². The van der Waals surface area contributed by atoms with Gasteiger partial charge in [0.05, 0.1) is 11.4 Å². The van der Waals surface area contributed by atoms with Crippen molar-refractivity contribution in [3.8, 4) is 11.3 Å². The number of hydrogen-bond donors (Lipinski definition) is 0. The van der Waals surface area contributed by atoms with Gasteiger partial charge in [-0.2, -0.15) is 5.10 Å². The highest BCUT2D eigenvalue weighted by Gasteiger charge is 2.24. The standard InChI is InChI=1S/C17H19N7O/c1-22-17(13-5-3-2-4-6-13)14-7-9-23(10-8-15(14)19-22)16(25)11-24-12-18-20-21-24/h2-6,12H,7-11H2,1H3. The van der Waals surface area contributed by atoms with Crippen molar-refractivity contribution in [2.75, 3.05) is 13.1 Å². The van der Waals surface area contributed by atoms with Crippen LogP contribution in [0.2, 0.25) is 0 Å². The molecule has 0 spiro atoms. The van der Waals surface area contributed by atoms with Gasteiger partial charge in [-0.3, -0.25) is 9.48 Å². The summed E-state index contributed by atoms with van der Waals surface area (Å²) in [4.78, 5) is 14.4. The Morgan fingerprint density at radius 3 is 2.72 bits per heavy atom. The van der Waals surface area contributed by atoms with Crippen LogP contribution in [0.5, 0.6) is 0 Å². The normalized spacial score (nSPS) is 14.2. The highest BCUT2D eigenvalue weighted by molar-refractivity contribution is 5.76. The van der Waals surface area contributed by atoms with Gasteiger partial charge in [0.15, 0.2) is 0 Å². The third-order valence-electron chi connectivity index (χ3n) is 4.57. The molecule has 3 aromatic rings. The van der Waals surface area contributed by atoms with Gasteiger partial charge < -0.3 is 4.90 Å². The number of carbonyl (C=O) groups excluding carboxylic acids is 1. The van der Waals surface area contributed by atoms with E-state index in [2.05, 4.69) is 27.7 Å². The van der Waals surface area contributed by atoms with Crippen molar-refractivity contribution in [1.82, 2.24) is 34.9 Å². The smallest absolute Gasteiger partial charge is 0.244 e. The summed E-state index contributed by atoms with van der Waals surface area (Å²) in [5.41, 5.74) is 4.63. The van der Waals surface area contributed by atoms with Crippen LogP contribution in [0.15, 0.2) is 36.7 Å². The van der Waals surface area contributed by atoms with Gasteiger partial charge in [-0.1, -0.05) is 30.3 Å². The van der Waals surface area contributed by atoms with Crippen LogP contribution in [-0.2, 0) is 31.2 Å². The minimum Gasteiger partial charge on any atom is -0.340 e. The molecular formula is C17H19N7O. The highest BCUT2D eigenvalue weighted by Crippen LogP contribution is 2.28. The quantitative estimate of drug-likeness (QED) is 0.703. The lowest BCUT2D eigenvalue weighted by Crippen LogP contribution is -2.36. The summed E-state index contributed by atoms with van der Waals surface area (Å²) in [7, 11) is 1.98. The van der Waals surface area contributed by atoms with Gasteiger partial charge >= 0.3 is 0 Å². The van der Waals surface area contributed by atoms with Crippen LogP contribution < -0.4 is 0 Å². The van der Waals surface area contributed by atoms with Crippen LogP contribution in [0.4, 0.5) is 0 Å². The maximum Gasteiger partial charge on any atom is 0.244 e. The van der Waals surface area contributed by atoms with E-state index in [1.165, 1.54) is 16.6 Å². The molecule has 0 saturated heterocycles. The Balaban J connectivity index is 1.55. The second-order valence-electron chi connectivity index (χ2n) is 6.15. The summed E-state index contributed by atoms with van der Waals surface area (Å²) in [6, 6.07) is 10.3. The van der Waals surface area contributed by atoms with E-state index in [9.17, 15) is 4.79 Å². The summed E-state index contributed by atoms with van der Waals surface area (Å²) < 4.78 is 3.41. The molecule has 1 aliphatic heterocycles. The number of aryl methyl sites for hydroxylation is 1. The number of tetrazole rings is 1. The first-order valence-electron chi connectivity index (χ1n) is 8.31. The predicted octanol–water partition coefficient (Wildman–Crippen LogP) is 0.701. The zero-order valence-corrected chi connectivity index (χ0v) is 14.0. The van der Waals surface area contributed by atoms with Gasteiger partial charge in [0, 0.05) is 37.7 Å². The first kappa shape index (κ1) is 15.5. The maximum atomic E-state index is 12.5. The van der Waals surface area contributed by atoms with Gasteiger partial charge in [0.1, 0.15) is 12.9 Å². The second kappa shape index (κ2) is 6.46. The lowest BCUT2D eigenvalue weighted by Gasteiger charge is -2.20. The topological polar surface area (TPSA) is 81.7 Å². The second-order valence-corrected chi connectivity index (χ2v) is 6.15. The zero-order valence-electron chi connectivity index (χ0n) is 14.0. The molecule has 0 radical (unpaired) electrons. The third kappa shape index (κ3) is 3.02. The van der Waals surface area contributed by atoms with Crippen LogP contribution in [0, 0.1) is 0 Å². The minimum atomic E-state index is 0.0306. The molecule has 0 bridgehead atoms. The molecule has 1 aromatic carbocycles. The number of aromatic nitrogens is 6. The van der Waals surface area contributed by atoms with Crippen molar-refractivity contribution < 1.29 is 4.79 Å². The number of carbonyl (C=O) groups is 1. The summed E-state index contributed by atoms with van der Waals surface area (Å²) in [5.74, 6) is 0.0306. The molecular weight excluding hydrogens is 318 g/mol. The van der Waals surface area contributed by atoms with Crippen molar-refractivity contribution in [3.63, 3.8) is 0 Å². The first-order chi connectivity index (χ1) is 12.2. The van der Waals surface area contributed by atoms with Crippen LogP contribution >= 0.6 is 0 Å². The number of nitrogens with zero attached hydrogens (tertiary/aromatic N) is 7. The summed E-state index contributed by atoms with van der Waals surface area (Å²) in [6.45, 7) is 1.52. The van der Waals surface area contributed by atoms with E-state index in [1.807, 2.05) is 34.8 Å². The Labute approximate surface area is 145 Å². The molecule has 128 valence electrons. The number of rotatable bonds is 3. The molecule has 2 aromatic heterocycles. The summed E-state index contributed by atoms with van der Waals surface area (Å²) >= 11 is 0. The lowest BCUT2D eigenvalue weighted by molar-refractivity contribution is -0.132. The van der Waals surface area contributed by atoms with Crippen molar-refractivity contribution in [2.24, 2.45) is 7.05 Å². The molecule has 4 rings (SSSR count). The predicted molar refractivity (Wildman–Crippen MR) is 90.4 cm³/mol. The Hall–Kier alpha value is -3.03. The Kier molecular flexibility index (Phi) is 4.01. The largest absolute Gasteiger partial charge is 0.340 e. The van der Waals surface area contributed by atoms with E-state index in [0.29, 0.717) is 13.1 Å². The zero-order chi connectivity index (χ0) is 17.2. The molecule has 25 heavy (non-hydrogen) atoms. The van der Waals surface area contributed by atoms with Gasteiger partial charge in [0.25, 0.3) is 0 Å². The van der Waals surface area contributed by atoms with E-state index in [0.717, 1.165) is 29.8 Å². The number of fused-ring (bicyclic) bond motifs is 1. The van der Waals surface area contributed by atoms with Crippen molar-refractivity contribution >= 4 is 5.91 Å². The van der Waals surface area contributed by atoms with E-state index >= 15 is 0 Å². The van der Waals surface area contributed by atoms with Crippen LogP contribution in [0.25, 0.3) is 11.3 Å². The first-order valence-corrected chi connectivity index (χ1v) is 8.31. The molecule has 1 amide bonds. The monoisotopic (exact) mass is 337 g/mol. The molecule has 0 aliphatic carbocycles. The van der Waals surface area contributed by atoms with E-state index in [-0.39, 0.29) is 12.5 Å². The van der Waals surface area contributed by atoms with Crippen LogP contribution in [0.1, 0.15) is 11.3 Å². The van der Waals surface area contributed by atoms with Gasteiger partial charge in [0.2, 0.25) is 5.91 Å². The molecule has 0 unspecified atom stereocenters. The molecule has 3 heterocycles. The molecule has 0 N–H and O–H groups in total. The average Bonchev–Trinajstić information content (AvgIpc) is 3.18. The SMILES string of the molecule is Cn1nc2c(c1-c1ccccc1)CCN(C(=O)Cn1cnnn1)CC2. The number of benzene rings is 1. The Bertz CT molecular complexity index is 870. The molecule has 0 saturated carbocycles. The Morgan fingerprint density at radius 1 is 1.16 bits per heavy atom. The average molecular weight is 337 g/mol. The van der Waals surface area contributed by atoms with Crippen LogP contribution in [-0.4, -0.2) is 53.9 Å². The molecule has 0 fully saturated rings. The fraction of sp³-hybridized carbons (Fsp3) is 0.353. The molecule has 0 atom stereocenters. The maximum absolute atomic E-state index is 12.5. The molecule has 8 heteroatoms. The summed E-state index contributed by atoms with van der Waals surface area (Å²) in [6.07, 6.45) is 3.02. The van der Waals surface area contributed by atoms with Crippen molar-refractivity contribution in [3.05, 3.63) is 47.9 Å². The van der Waals surface area contributed by atoms with Crippen molar-refractivity contribution in [2.45, 2.75) is 19.4 Å². The fourth-order valence-corrected chi connectivity index (χ4v) is 3.38. The van der Waals surface area contributed by atoms with Gasteiger partial charge in [-0.15, -0.1) is 5.10 Å². The third-order valence-corrected chi connectivity index (χ3v) is 4.57.